The van der Waals surface area contributed by atoms with Gasteiger partial charge < -0.3 is 11.1 Å². The number of nitrogens with one attached hydrogen (secondary N) is 1. The molecule has 0 atom stereocenters. The number of carbonyl (C=O) groups is 1. The van der Waals surface area contributed by atoms with Crippen LogP contribution in [0.25, 0.3) is 0 Å². The minimum absolute atomic E-state index is 0.107. The molecule has 2 rings (SSSR count). The number of hydrogen-bond acceptors (Lipinski definition) is 2. The summed E-state index contributed by atoms with van der Waals surface area (Å²) >= 11 is 0. The van der Waals surface area contributed by atoms with Gasteiger partial charge in [-0.1, -0.05) is 24.3 Å². The lowest BCUT2D eigenvalue weighted by molar-refractivity contribution is -0.137. The lowest BCUT2D eigenvalue weighted by atomic mass is 10.1. The molecule has 0 aromatic heterocycles. The minimum atomic E-state index is -4.56. The van der Waals surface area contributed by atoms with Crippen molar-refractivity contribution in [1.29, 1.82) is 0 Å². The molecule has 0 aliphatic rings. The summed E-state index contributed by atoms with van der Waals surface area (Å²) in [7, 11) is 0. The van der Waals surface area contributed by atoms with Crippen LogP contribution < -0.4 is 11.1 Å². The molecule has 6 heteroatoms. The largest absolute Gasteiger partial charge is 0.417 e. The van der Waals surface area contributed by atoms with E-state index in [2.05, 4.69) is 5.32 Å². The molecule has 0 radical (unpaired) electrons. The molecular formula is C15H13F3N2O. The van der Waals surface area contributed by atoms with E-state index in [0.717, 1.165) is 12.1 Å². The number of rotatable bonds is 3. The van der Waals surface area contributed by atoms with Crippen LogP contribution in [0.2, 0.25) is 0 Å². The van der Waals surface area contributed by atoms with Gasteiger partial charge in [0.1, 0.15) is 0 Å². The Morgan fingerprint density at radius 2 is 1.81 bits per heavy atom. The van der Waals surface area contributed by atoms with Gasteiger partial charge in [0.15, 0.2) is 0 Å². The van der Waals surface area contributed by atoms with Gasteiger partial charge >= 0.3 is 6.18 Å². The normalized spacial score (nSPS) is 11.2. The average Bonchev–Trinajstić information content (AvgIpc) is 2.44. The first-order valence-corrected chi connectivity index (χ1v) is 6.17. The van der Waals surface area contributed by atoms with Gasteiger partial charge in [-0.25, -0.2) is 0 Å². The second kappa shape index (κ2) is 5.87. The van der Waals surface area contributed by atoms with E-state index in [1.165, 1.54) is 12.1 Å². The Labute approximate surface area is 119 Å². The molecule has 3 N–H and O–H groups in total. The Kier molecular flexibility index (Phi) is 4.16. The number of benzene rings is 2. The third-order valence-electron chi connectivity index (χ3n) is 2.88. The molecule has 0 fully saturated rings. The van der Waals surface area contributed by atoms with Gasteiger partial charge in [-0.2, -0.15) is 13.2 Å². The number of halogens is 3. The first-order chi connectivity index (χ1) is 9.88. The van der Waals surface area contributed by atoms with Crippen molar-refractivity contribution >= 4 is 11.6 Å². The highest BCUT2D eigenvalue weighted by atomic mass is 19.4. The van der Waals surface area contributed by atoms with Crippen LogP contribution in [0.1, 0.15) is 21.5 Å². The van der Waals surface area contributed by atoms with E-state index in [-0.39, 0.29) is 6.54 Å². The maximum atomic E-state index is 12.8. The SMILES string of the molecule is Nc1cccc(CNC(=O)c2ccccc2C(F)(F)F)c1. The molecule has 0 spiro atoms. The van der Waals surface area contributed by atoms with Gasteiger partial charge in [-0.15, -0.1) is 0 Å². The van der Waals surface area contributed by atoms with E-state index in [4.69, 9.17) is 5.73 Å². The number of alkyl halides is 3. The molecule has 2 aromatic carbocycles. The van der Waals surface area contributed by atoms with E-state index in [0.29, 0.717) is 11.3 Å². The predicted molar refractivity (Wildman–Crippen MR) is 73.5 cm³/mol. The summed E-state index contributed by atoms with van der Waals surface area (Å²) in [5.41, 5.74) is 5.49. The first kappa shape index (κ1) is 14.9. The highest BCUT2D eigenvalue weighted by Gasteiger charge is 2.34. The van der Waals surface area contributed by atoms with Crippen molar-refractivity contribution in [3.05, 3.63) is 65.2 Å². The highest BCUT2D eigenvalue weighted by Crippen LogP contribution is 2.31. The number of amides is 1. The van der Waals surface area contributed by atoms with Crippen molar-refractivity contribution in [2.75, 3.05) is 5.73 Å². The summed E-state index contributed by atoms with van der Waals surface area (Å²) in [6, 6.07) is 11.4. The average molecular weight is 294 g/mol. The number of carbonyl (C=O) groups excluding carboxylic acids is 1. The van der Waals surface area contributed by atoms with Gasteiger partial charge in [-0.05, 0) is 29.8 Å². The van der Waals surface area contributed by atoms with Gasteiger partial charge in [0.25, 0.3) is 5.91 Å². The van der Waals surface area contributed by atoms with Crippen LogP contribution >= 0.6 is 0 Å². The van der Waals surface area contributed by atoms with E-state index in [1.807, 2.05) is 0 Å². The molecule has 0 unspecified atom stereocenters. The lowest BCUT2D eigenvalue weighted by Crippen LogP contribution is -2.25. The smallest absolute Gasteiger partial charge is 0.399 e. The third kappa shape index (κ3) is 3.75. The zero-order valence-corrected chi connectivity index (χ0v) is 10.9. The number of nitrogens with two attached hydrogens (primary N) is 1. The minimum Gasteiger partial charge on any atom is -0.399 e. The summed E-state index contributed by atoms with van der Waals surface area (Å²) < 4.78 is 38.5. The summed E-state index contributed by atoms with van der Waals surface area (Å²) in [6.07, 6.45) is -4.56. The Morgan fingerprint density at radius 1 is 1.10 bits per heavy atom. The molecule has 0 aliphatic heterocycles. The second-order valence-corrected chi connectivity index (χ2v) is 4.47. The van der Waals surface area contributed by atoms with Crippen LogP contribution in [-0.4, -0.2) is 5.91 Å². The molecule has 21 heavy (non-hydrogen) atoms. The Balaban J connectivity index is 2.14. The van der Waals surface area contributed by atoms with E-state index in [9.17, 15) is 18.0 Å². The number of anilines is 1. The topological polar surface area (TPSA) is 55.1 Å². The molecule has 0 bridgehead atoms. The van der Waals surface area contributed by atoms with Gasteiger partial charge in [-0.3, -0.25) is 4.79 Å². The van der Waals surface area contributed by atoms with Gasteiger partial charge in [0.2, 0.25) is 0 Å². The molecule has 1 amide bonds. The van der Waals surface area contributed by atoms with Crippen molar-refractivity contribution in [3.63, 3.8) is 0 Å². The van der Waals surface area contributed by atoms with Crippen molar-refractivity contribution in [2.24, 2.45) is 0 Å². The third-order valence-corrected chi connectivity index (χ3v) is 2.88. The van der Waals surface area contributed by atoms with Crippen LogP contribution in [0.4, 0.5) is 18.9 Å². The van der Waals surface area contributed by atoms with Crippen LogP contribution in [0.3, 0.4) is 0 Å². The molecule has 0 saturated heterocycles. The Morgan fingerprint density at radius 3 is 2.48 bits per heavy atom. The molecule has 0 heterocycles. The van der Waals surface area contributed by atoms with Crippen LogP contribution in [0.5, 0.6) is 0 Å². The predicted octanol–water partition coefficient (Wildman–Crippen LogP) is 3.22. The van der Waals surface area contributed by atoms with Crippen molar-refractivity contribution in [2.45, 2.75) is 12.7 Å². The molecule has 0 saturated carbocycles. The number of nitrogen functional groups attached to an aromatic ring is 1. The van der Waals surface area contributed by atoms with Crippen molar-refractivity contribution < 1.29 is 18.0 Å². The highest BCUT2D eigenvalue weighted by molar-refractivity contribution is 5.95. The maximum absolute atomic E-state index is 12.8. The molecule has 0 aliphatic carbocycles. The fourth-order valence-electron chi connectivity index (χ4n) is 1.91. The van der Waals surface area contributed by atoms with E-state index in [1.54, 1.807) is 24.3 Å². The van der Waals surface area contributed by atoms with E-state index >= 15 is 0 Å². The lowest BCUT2D eigenvalue weighted by Gasteiger charge is -2.12. The first-order valence-electron chi connectivity index (χ1n) is 6.17. The van der Waals surface area contributed by atoms with Crippen molar-refractivity contribution in [3.8, 4) is 0 Å². The Bertz CT molecular complexity index is 653. The molecule has 2 aromatic rings. The maximum Gasteiger partial charge on any atom is 0.417 e. The van der Waals surface area contributed by atoms with Gasteiger partial charge in [0, 0.05) is 12.2 Å². The van der Waals surface area contributed by atoms with Crippen LogP contribution in [0.15, 0.2) is 48.5 Å². The summed E-state index contributed by atoms with van der Waals surface area (Å²) in [5, 5.41) is 2.46. The summed E-state index contributed by atoms with van der Waals surface area (Å²) in [4.78, 5) is 11.9. The monoisotopic (exact) mass is 294 g/mol. The standard InChI is InChI=1S/C15H13F3N2O/c16-15(17,18)13-7-2-1-6-12(13)14(21)20-9-10-4-3-5-11(19)8-10/h1-8H,9,19H2,(H,20,21). The Hall–Kier alpha value is -2.50. The zero-order valence-electron chi connectivity index (χ0n) is 10.9. The van der Waals surface area contributed by atoms with E-state index < -0.39 is 23.2 Å². The fraction of sp³-hybridized carbons (Fsp3) is 0.133. The van der Waals surface area contributed by atoms with Gasteiger partial charge in [0.05, 0.1) is 11.1 Å². The van der Waals surface area contributed by atoms with Crippen LogP contribution in [-0.2, 0) is 12.7 Å². The zero-order chi connectivity index (χ0) is 15.5. The molecule has 110 valence electrons. The molecule has 3 nitrogen and oxygen atoms in total. The summed E-state index contributed by atoms with van der Waals surface area (Å²) in [6.45, 7) is 0.107. The second-order valence-electron chi connectivity index (χ2n) is 4.47. The molecular weight excluding hydrogens is 281 g/mol. The van der Waals surface area contributed by atoms with Crippen LogP contribution in [0, 0.1) is 0 Å². The quantitative estimate of drug-likeness (QED) is 0.854. The number of hydrogen-bond donors (Lipinski definition) is 2. The fourth-order valence-corrected chi connectivity index (χ4v) is 1.91. The summed E-state index contributed by atoms with van der Waals surface area (Å²) in [5.74, 6) is -0.773. The van der Waals surface area contributed by atoms with Crippen molar-refractivity contribution in [1.82, 2.24) is 5.32 Å².